The normalized spacial score (nSPS) is 12.6. The molecule has 0 saturated heterocycles. The van der Waals surface area contributed by atoms with Crippen LogP contribution in [0.5, 0.6) is 5.75 Å². The summed E-state index contributed by atoms with van der Waals surface area (Å²) in [4.78, 5) is 9.33. The van der Waals surface area contributed by atoms with E-state index in [1.807, 2.05) is 31.3 Å². The van der Waals surface area contributed by atoms with Gasteiger partial charge in [-0.25, -0.2) is 4.98 Å². The molecule has 0 amide bonds. The molecule has 1 atom stereocenters. The largest absolute Gasteiger partial charge is 0.573 e. The molecule has 7 nitrogen and oxygen atoms in total. The minimum absolute atomic E-state index is 0.246. The number of pyridine rings is 1. The van der Waals surface area contributed by atoms with Gasteiger partial charge in [0.2, 0.25) is 0 Å². The number of hydrogen-bond donors (Lipinski definition) is 2. The van der Waals surface area contributed by atoms with Crippen molar-refractivity contribution in [2.24, 2.45) is 0 Å². The molecule has 0 radical (unpaired) electrons. The molecule has 0 spiro atoms. The summed E-state index contributed by atoms with van der Waals surface area (Å²) in [6, 6.07) is 11.4. The molecule has 3 heterocycles. The molecular weight excluding hydrogens is 467 g/mol. The lowest BCUT2D eigenvalue weighted by Gasteiger charge is -2.11. The van der Waals surface area contributed by atoms with Crippen molar-refractivity contribution in [3.8, 4) is 16.5 Å². The lowest BCUT2D eigenvalue weighted by Crippen LogP contribution is -2.20. The zero-order chi connectivity index (χ0) is 24.1. The third-order valence-corrected chi connectivity index (χ3v) is 6.18. The number of rotatable bonds is 9. The maximum atomic E-state index is 12.3. The van der Waals surface area contributed by atoms with Crippen LogP contribution in [0.4, 0.5) is 13.2 Å². The smallest absolute Gasteiger partial charge is 0.406 e. The summed E-state index contributed by atoms with van der Waals surface area (Å²) in [7, 11) is 0. The zero-order valence-corrected chi connectivity index (χ0v) is 19.0. The summed E-state index contributed by atoms with van der Waals surface area (Å²) in [5.41, 5.74) is 3.24. The van der Waals surface area contributed by atoms with Gasteiger partial charge in [0.1, 0.15) is 22.7 Å². The number of alkyl halides is 3. The average molecular weight is 490 g/mol. The lowest BCUT2D eigenvalue weighted by atomic mass is 10.1. The summed E-state index contributed by atoms with van der Waals surface area (Å²) in [6.07, 6.45) is 0.283. The molecule has 4 rings (SSSR count). The van der Waals surface area contributed by atoms with Gasteiger partial charge < -0.3 is 9.84 Å². The summed E-state index contributed by atoms with van der Waals surface area (Å²) in [5.74, 6) is -0.246. The van der Waals surface area contributed by atoms with Crippen molar-refractivity contribution in [2.75, 3.05) is 0 Å². The van der Waals surface area contributed by atoms with E-state index in [0.29, 0.717) is 30.2 Å². The number of aliphatic hydroxyl groups excluding tert-OH is 1. The Morgan fingerprint density at radius 3 is 2.65 bits per heavy atom. The molecule has 1 unspecified atom stereocenters. The van der Waals surface area contributed by atoms with Crippen molar-refractivity contribution < 1.29 is 23.0 Å². The summed E-state index contributed by atoms with van der Waals surface area (Å²) < 4.78 is 42.5. The van der Waals surface area contributed by atoms with Crippen LogP contribution in [0.1, 0.15) is 27.9 Å². The summed E-state index contributed by atoms with van der Waals surface area (Å²) in [6.45, 7) is 2.86. The summed E-state index contributed by atoms with van der Waals surface area (Å²) >= 11 is 1.37. The van der Waals surface area contributed by atoms with E-state index in [-0.39, 0.29) is 5.75 Å². The molecular formula is C23H22F3N5O2S. The molecule has 3 aromatic heterocycles. The van der Waals surface area contributed by atoms with Gasteiger partial charge in [0.05, 0.1) is 10.6 Å². The van der Waals surface area contributed by atoms with Gasteiger partial charge in [-0.1, -0.05) is 18.2 Å². The zero-order valence-electron chi connectivity index (χ0n) is 18.2. The third kappa shape index (κ3) is 6.40. The van der Waals surface area contributed by atoms with E-state index in [1.54, 1.807) is 29.2 Å². The SMILES string of the molecule is Cc1nc(-c2ccn(CCc3ccc(OC(F)(F)F)cc3)n2)sc1C(O)NCc1cccnc1. The Kier molecular flexibility index (Phi) is 7.25. The Balaban J connectivity index is 1.35. The molecule has 0 aliphatic carbocycles. The number of aromatic nitrogens is 4. The molecule has 0 aliphatic rings. The molecule has 0 bridgehead atoms. The van der Waals surface area contributed by atoms with E-state index in [0.717, 1.165) is 21.7 Å². The van der Waals surface area contributed by atoms with Crippen molar-refractivity contribution in [2.45, 2.75) is 39.0 Å². The van der Waals surface area contributed by atoms with Crippen LogP contribution in [0.3, 0.4) is 0 Å². The number of halogens is 3. The van der Waals surface area contributed by atoms with Crippen LogP contribution in [0, 0.1) is 6.92 Å². The van der Waals surface area contributed by atoms with Gasteiger partial charge in [0.15, 0.2) is 0 Å². The minimum Gasteiger partial charge on any atom is -0.406 e. The van der Waals surface area contributed by atoms with E-state index in [4.69, 9.17) is 0 Å². The van der Waals surface area contributed by atoms with Crippen LogP contribution in [0.2, 0.25) is 0 Å². The van der Waals surface area contributed by atoms with E-state index in [1.165, 1.54) is 23.5 Å². The Hall–Kier alpha value is -3.28. The minimum atomic E-state index is -4.70. The Morgan fingerprint density at radius 2 is 1.94 bits per heavy atom. The Morgan fingerprint density at radius 1 is 1.15 bits per heavy atom. The molecule has 0 aliphatic heterocycles. The fourth-order valence-corrected chi connectivity index (χ4v) is 4.28. The average Bonchev–Trinajstić information content (AvgIpc) is 3.43. The number of aliphatic hydroxyl groups is 1. The first-order valence-electron chi connectivity index (χ1n) is 10.4. The first-order chi connectivity index (χ1) is 16.3. The first-order valence-corrected chi connectivity index (χ1v) is 11.2. The van der Waals surface area contributed by atoms with Crippen molar-refractivity contribution in [1.29, 1.82) is 0 Å². The fraction of sp³-hybridized carbons (Fsp3) is 0.261. The number of nitrogens with one attached hydrogen (secondary N) is 1. The Bertz CT molecular complexity index is 1210. The number of benzene rings is 1. The number of thiazole rings is 1. The highest BCUT2D eigenvalue weighted by atomic mass is 32.1. The van der Waals surface area contributed by atoms with Gasteiger partial charge in [0.25, 0.3) is 0 Å². The molecule has 178 valence electrons. The lowest BCUT2D eigenvalue weighted by molar-refractivity contribution is -0.274. The standard InChI is InChI=1S/C23H22F3N5O2S/c1-15-20(21(32)28-14-17-3-2-10-27-13-17)34-22(29-15)19-9-12-31(30-19)11-8-16-4-6-18(7-5-16)33-23(24,25)26/h2-7,9-10,12-13,21,28,32H,8,11,14H2,1H3. The van der Waals surface area contributed by atoms with Crippen LogP contribution >= 0.6 is 11.3 Å². The van der Waals surface area contributed by atoms with Crippen LogP contribution < -0.4 is 10.1 Å². The predicted molar refractivity (Wildman–Crippen MR) is 121 cm³/mol. The highest BCUT2D eigenvalue weighted by Gasteiger charge is 2.30. The highest BCUT2D eigenvalue weighted by molar-refractivity contribution is 7.15. The van der Waals surface area contributed by atoms with Gasteiger partial charge in [0, 0.05) is 31.7 Å². The van der Waals surface area contributed by atoms with Crippen molar-refractivity contribution in [3.63, 3.8) is 0 Å². The van der Waals surface area contributed by atoms with Crippen LogP contribution in [0.25, 0.3) is 10.7 Å². The molecule has 1 aromatic carbocycles. The monoisotopic (exact) mass is 489 g/mol. The van der Waals surface area contributed by atoms with Crippen molar-refractivity contribution in [3.05, 3.63) is 82.8 Å². The fourth-order valence-electron chi connectivity index (χ4n) is 3.28. The molecule has 11 heteroatoms. The highest BCUT2D eigenvalue weighted by Crippen LogP contribution is 2.30. The van der Waals surface area contributed by atoms with E-state index in [9.17, 15) is 18.3 Å². The molecule has 0 fully saturated rings. The molecule has 2 N–H and O–H groups in total. The van der Waals surface area contributed by atoms with Crippen LogP contribution in [-0.4, -0.2) is 31.2 Å². The second-order valence-electron chi connectivity index (χ2n) is 7.52. The van der Waals surface area contributed by atoms with Gasteiger partial charge in [-0.05, 0) is 48.7 Å². The second kappa shape index (κ2) is 10.3. The maximum absolute atomic E-state index is 12.3. The van der Waals surface area contributed by atoms with Gasteiger partial charge in [-0.2, -0.15) is 5.10 Å². The third-order valence-electron chi connectivity index (χ3n) is 4.95. The topological polar surface area (TPSA) is 85.1 Å². The molecule has 4 aromatic rings. The second-order valence-corrected chi connectivity index (χ2v) is 8.55. The summed E-state index contributed by atoms with van der Waals surface area (Å²) in [5, 5.41) is 18.9. The van der Waals surface area contributed by atoms with E-state index < -0.39 is 12.6 Å². The molecule has 0 saturated carbocycles. The first kappa shape index (κ1) is 23.9. The van der Waals surface area contributed by atoms with Gasteiger partial charge in [-0.3, -0.25) is 15.0 Å². The molecule has 34 heavy (non-hydrogen) atoms. The quantitative estimate of drug-likeness (QED) is 0.334. The van der Waals surface area contributed by atoms with Crippen molar-refractivity contribution in [1.82, 2.24) is 25.1 Å². The maximum Gasteiger partial charge on any atom is 0.573 e. The van der Waals surface area contributed by atoms with Gasteiger partial charge >= 0.3 is 6.36 Å². The number of ether oxygens (including phenoxy) is 1. The van der Waals surface area contributed by atoms with Crippen molar-refractivity contribution >= 4 is 11.3 Å². The number of nitrogens with zero attached hydrogens (tertiary/aromatic N) is 4. The predicted octanol–water partition coefficient (Wildman–Crippen LogP) is 4.63. The number of aryl methyl sites for hydroxylation is 3. The van der Waals surface area contributed by atoms with Crippen LogP contribution in [0.15, 0.2) is 61.1 Å². The number of hydrogen-bond acceptors (Lipinski definition) is 7. The van der Waals surface area contributed by atoms with E-state index >= 15 is 0 Å². The Labute approximate surface area is 197 Å². The van der Waals surface area contributed by atoms with E-state index in [2.05, 4.69) is 25.1 Å². The van der Waals surface area contributed by atoms with Gasteiger partial charge in [-0.15, -0.1) is 24.5 Å². The van der Waals surface area contributed by atoms with Crippen LogP contribution in [-0.2, 0) is 19.5 Å².